The molecule has 0 saturated carbocycles. The number of amides is 1. The van der Waals surface area contributed by atoms with Crippen LogP contribution in [0, 0.1) is 0 Å². The number of hydrogen-bond acceptors (Lipinski definition) is 5. The number of morpholine rings is 1. The molecule has 2 aromatic rings. The van der Waals surface area contributed by atoms with Crippen LogP contribution in [0.5, 0.6) is 0 Å². The van der Waals surface area contributed by atoms with E-state index < -0.39 is 0 Å². The van der Waals surface area contributed by atoms with Crippen molar-refractivity contribution < 1.29 is 9.53 Å². The summed E-state index contributed by atoms with van der Waals surface area (Å²) >= 11 is 0. The van der Waals surface area contributed by atoms with Gasteiger partial charge in [-0.05, 0) is 42.4 Å². The highest BCUT2D eigenvalue weighted by molar-refractivity contribution is 5.94. The number of ether oxygens (including phenoxy) is 1. The van der Waals surface area contributed by atoms with Crippen molar-refractivity contribution in [2.45, 2.75) is 13.1 Å². The van der Waals surface area contributed by atoms with Gasteiger partial charge in [0.2, 0.25) is 0 Å². The zero-order valence-corrected chi connectivity index (χ0v) is 17.8. The molecule has 1 amide bonds. The number of carbonyl (C=O) groups excluding carboxylic acids is 1. The molecule has 0 unspecified atom stereocenters. The van der Waals surface area contributed by atoms with Gasteiger partial charge in [-0.15, -0.1) is 0 Å². The Kier molecular flexibility index (Phi) is 7.00. The highest BCUT2D eigenvalue weighted by Crippen LogP contribution is 2.17. The van der Waals surface area contributed by atoms with Crippen LogP contribution >= 0.6 is 0 Å². The monoisotopic (exact) mass is 408 g/mol. The molecular weight excluding hydrogens is 376 g/mol. The van der Waals surface area contributed by atoms with Gasteiger partial charge in [0.25, 0.3) is 5.91 Å². The minimum atomic E-state index is -0.0260. The number of nitrogens with one attached hydrogen (secondary N) is 1. The van der Waals surface area contributed by atoms with E-state index in [1.807, 2.05) is 18.2 Å². The number of anilines is 1. The van der Waals surface area contributed by atoms with Crippen LogP contribution in [-0.4, -0.2) is 75.2 Å². The Morgan fingerprint density at radius 3 is 2.40 bits per heavy atom. The Labute approximate surface area is 179 Å². The highest BCUT2D eigenvalue weighted by Gasteiger charge is 2.15. The van der Waals surface area contributed by atoms with Gasteiger partial charge in [-0.1, -0.05) is 24.3 Å². The molecule has 160 valence electrons. The number of rotatable bonds is 6. The molecule has 2 fully saturated rings. The number of carbonyl (C=O) groups is 1. The molecule has 2 aliphatic rings. The van der Waals surface area contributed by atoms with Crippen molar-refractivity contribution in [2.24, 2.45) is 0 Å². The lowest BCUT2D eigenvalue weighted by molar-refractivity contribution is 0.0342. The second-order valence-electron chi connectivity index (χ2n) is 8.23. The van der Waals surface area contributed by atoms with E-state index in [-0.39, 0.29) is 5.91 Å². The molecule has 1 N–H and O–H groups in total. The maximum absolute atomic E-state index is 12.6. The molecule has 0 aliphatic carbocycles. The first-order valence-corrected chi connectivity index (χ1v) is 10.9. The largest absolute Gasteiger partial charge is 0.379 e. The van der Waals surface area contributed by atoms with E-state index in [2.05, 4.69) is 57.4 Å². The number of piperazine rings is 1. The Bertz CT molecular complexity index is 825. The molecule has 0 bridgehead atoms. The van der Waals surface area contributed by atoms with Crippen LogP contribution in [0.3, 0.4) is 0 Å². The Morgan fingerprint density at radius 2 is 1.67 bits per heavy atom. The third-order valence-corrected chi connectivity index (χ3v) is 5.96. The van der Waals surface area contributed by atoms with Gasteiger partial charge in [0, 0.05) is 63.6 Å². The van der Waals surface area contributed by atoms with E-state index >= 15 is 0 Å². The molecule has 2 saturated heterocycles. The van der Waals surface area contributed by atoms with E-state index in [0.717, 1.165) is 70.2 Å². The minimum Gasteiger partial charge on any atom is -0.379 e. The predicted molar refractivity (Wildman–Crippen MR) is 120 cm³/mol. The van der Waals surface area contributed by atoms with Crippen molar-refractivity contribution in [3.63, 3.8) is 0 Å². The van der Waals surface area contributed by atoms with Crippen molar-refractivity contribution in [3.05, 3.63) is 65.2 Å². The quantitative estimate of drug-likeness (QED) is 0.794. The maximum Gasteiger partial charge on any atom is 0.251 e. The fourth-order valence-corrected chi connectivity index (χ4v) is 4.00. The molecule has 4 rings (SSSR count). The van der Waals surface area contributed by atoms with Gasteiger partial charge in [-0.25, -0.2) is 0 Å². The Balaban J connectivity index is 1.29. The van der Waals surface area contributed by atoms with E-state index in [1.54, 1.807) is 0 Å². The van der Waals surface area contributed by atoms with Crippen molar-refractivity contribution in [1.29, 1.82) is 0 Å². The van der Waals surface area contributed by atoms with Gasteiger partial charge in [0.15, 0.2) is 0 Å². The van der Waals surface area contributed by atoms with Crippen molar-refractivity contribution in [3.8, 4) is 0 Å². The third kappa shape index (κ3) is 5.59. The molecule has 0 radical (unpaired) electrons. The van der Waals surface area contributed by atoms with E-state index in [9.17, 15) is 4.79 Å². The average molecular weight is 409 g/mol. The first-order valence-electron chi connectivity index (χ1n) is 10.9. The summed E-state index contributed by atoms with van der Waals surface area (Å²) in [5.41, 5.74) is 4.26. The Morgan fingerprint density at radius 1 is 0.933 bits per heavy atom. The van der Waals surface area contributed by atoms with Gasteiger partial charge in [-0.2, -0.15) is 0 Å². The lowest BCUT2D eigenvalue weighted by Gasteiger charge is -2.34. The predicted octanol–water partition coefficient (Wildman–Crippen LogP) is 2.20. The van der Waals surface area contributed by atoms with Crippen LogP contribution in [0.15, 0.2) is 48.5 Å². The molecular formula is C24H32N4O2. The summed E-state index contributed by atoms with van der Waals surface area (Å²) in [6.45, 7) is 9.18. The second-order valence-corrected chi connectivity index (χ2v) is 8.23. The average Bonchev–Trinajstić information content (AvgIpc) is 2.79. The van der Waals surface area contributed by atoms with Crippen LogP contribution in [0.4, 0.5) is 5.69 Å². The molecule has 2 aromatic carbocycles. The van der Waals surface area contributed by atoms with Gasteiger partial charge in [-0.3, -0.25) is 9.69 Å². The fourth-order valence-electron chi connectivity index (χ4n) is 4.00. The summed E-state index contributed by atoms with van der Waals surface area (Å²) < 4.78 is 5.41. The number of benzene rings is 2. The summed E-state index contributed by atoms with van der Waals surface area (Å²) in [6, 6.07) is 16.5. The summed E-state index contributed by atoms with van der Waals surface area (Å²) in [5, 5.41) is 3.06. The molecule has 30 heavy (non-hydrogen) atoms. The second kappa shape index (κ2) is 10.1. The van der Waals surface area contributed by atoms with Gasteiger partial charge in [0.05, 0.1) is 13.2 Å². The van der Waals surface area contributed by atoms with E-state index in [4.69, 9.17) is 4.74 Å². The molecule has 6 nitrogen and oxygen atoms in total. The van der Waals surface area contributed by atoms with Crippen molar-refractivity contribution >= 4 is 11.6 Å². The normalized spacial score (nSPS) is 18.4. The van der Waals surface area contributed by atoms with Crippen LogP contribution in [0.25, 0.3) is 0 Å². The van der Waals surface area contributed by atoms with E-state index in [0.29, 0.717) is 6.54 Å². The van der Waals surface area contributed by atoms with Gasteiger partial charge >= 0.3 is 0 Å². The van der Waals surface area contributed by atoms with E-state index in [1.165, 1.54) is 11.3 Å². The van der Waals surface area contributed by atoms with Crippen LogP contribution in [0.1, 0.15) is 21.5 Å². The number of likely N-dealkylation sites (N-methyl/N-ethyl adjacent to an activating group) is 1. The maximum atomic E-state index is 12.6. The number of nitrogens with zero attached hydrogens (tertiary/aromatic N) is 3. The van der Waals surface area contributed by atoms with Crippen molar-refractivity contribution in [2.75, 3.05) is 64.4 Å². The standard InChI is InChI=1S/C24H32N4O2/c1-26-9-11-28(12-10-26)23-7-5-20(6-8-23)18-25-24(29)22-4-2-3-21(17-22)19-27-13-15-30-16-14-27/h2-8,17H,9-16,18-19H2,1H3,(H,25,29). The molecule has 0 atom stereocenters. The van der Waals surface area contributed by atoms with Crippen molar-refractivity contribution in [1.82, 2.24) is 15.1 Å². The number of hydrogen-bond donors (Lipinski definition) is 1. The third-order valence-electron chi connectivity index (χ3n) is 5.96. The topological polar surface area (TPSA) is 48.0 Å². The Hall–Kier alpha value is -2.41. The highest BCUT2D eigenvalue weighted by atomic mass is 16.5. The molecule has 6 heteroatoms. The zero-order chi connectivity index (χ0) is 20.8. The first-order chi connectivity index (χ1) is 14.7. The zero-order valence-electron chi connectivity index (χ0n) is 17.8. The van der Waals surface area contributed by atoms with Crippen LogP contribution < -0.4 is 10.2 Å². The van der Waals surface area contributed by atoms with Gasteiger partial charge in [0.1, 0.15) is 0 Å². The lowest BCUT2D eigenvalue weighted by Crippen LogP contribution is -2.44. The minimum absolute atomic E-state index is 0.0260. The van der Waals surface area contributed by atoms with Crippen LogP contribution in [-0.2, 0) is 17.8 Å². The first kappa shape index (κ1) is 20.8. The SMILES string of the molecule is CN1CCN(c2ccc(CNC(=O)c3cccc(CN4CCOCC4)c3)cc2)CC1. The van der Waals surface area contributed by atoms with Crippen LogP contribution in [0.2, 0.25) is 0 Å². The smallest absolute Gasteiger partial charge is 0.251 e. The molecule has 0 spiro atoms. The summed E-state index contributed by atoms with van der Waals surface area (Å²) in [4.78, 5) is 19.8. The fraction of sp³-hybridized carbons (Fsp3) is 0.458. The van der Waals surface area contributed by atoms with Gasteiger partial charge < -0.3 is 19.9 Å². The molecule has 0 aromatic heterocycles. The lowest BCUT2D eigenvalue weighted by atomic mass is 10.1. The summed E-state index contributed by atoms with van der Waals surface area (Å²) in [6.07, 6.45) is 0. The summed E-state index contributed by atoms with van der Waals surface area (Å²) in [7, 11) is 2.17. The summed E-state index contributed by atoms with van der Waals surface area (Å²) in [5.74, 6) is -0.0260. The molecule has 2 heterocycles. The molecule has 2 aliphatic heterocycles.